The van der Waals surface area contributed by atoms with Gasteiger partial charge >= 0.3 is 0 Å². The standard InChI is InChI=1S/C12H22N2O3/c1-7(2)5-9(11(13)16)14-12(17)10(15)6-8(3)4/h8-10,15H,1,5-6H2,2-4H3,(H2,13,16)(H,14,17)/t9-,10-/m1/s1. The summed E-state index contributed by atoms with van der Waals surface area (Å²) < 4.78 is 0. The highest BCUT2D eigenvalue weighted by molar-refractivity contribution is 5.88. The molecule has 0 saturated carbocycles. The molecule has 0 spiro atoms. The van der Waals surface area contributed by atoms with Crippen LogP contribution in [0.15, 0.2) is 12.2 Å². The Hall–Kier alpha value is -1.36. The van der Waals surface area contributed by atoms with Crippen molar-refractivity contribution in [3.8, 4) is 0 Å². The smallest absolute Gasteiger partial charge is 0.249 e. The summed E-state index contributed by atoms with van der Waals surface area (Å²) in [7, 11) is 0. The van der Waals surface area contributed by atoms with Crippen LogP contribution in [0.4, 0.5) is 0 Å². The SMILES string of the molecule is C=C(C)C[C@@H](NC(=O)[C@H](O)CC(C)C)C(N)=O. The predicted molar refractivity (Wildman–Crippen MR) is 66.0 cm³/mol. The minimum atomic E-state index is -1.11. The number of nitrogens with two attached hydrogens (primary N) is 1. The second kappa shape index (κ2) is 7.06. The van der Waals surface area contributed by atoms with Crippen molar-refractivity contribution in [3.05, 3.63) is 12.2 Å². The molecule has 2 amide bonds. The van der Waals surface area contributed by atoms with Crippen LogP contribution in [0, 0.1) is 5.92 Å². The maximum Gasteiger partial charge on any atom is 0.249 e. The Bertz CT molecular complexity index is 300. The van der Waals surface area contributed by atoms with Gasteiger partial charge in [-0.2, -0.15) is 0 Å². The lowest BCUT2D eigenvalue weighted by molar-refractivity contribution is -0.133. The van der Waals surface area contributed by atoms with E-state index in [-0.39, 0.29) is 12.3 Å². The lowest BCUT2D eigenvalue weighted by Crippen LogP contribution is -2.48. The number of amides is 2. The zero-order valence-corrected chi connectivity index (χ0v) is 10.7. The van der Waals surface area contributed by atoms with Gasteiger partial charge in [-0.3, -0.25) is 9.59 Å². The Morgan fingerprint density at radius 2 is 1.94 bits per heavy atom. The van der Waals surface area contributed by atoms with Crippen LogP contribution in [0.1, 0.15) is 33.6 Å². The first-order valence-corrected chi connectivity index (χ1v) is 5.66. The largest absolute Gasteiger partial charge is 0.383 e. The van der Waals surface area contributed by atoms with Crippen LogP contribution >= 0.6 is 0 Å². The van der Waals surface area contributed by atoms with Crippen LogP contribution in [0.5, 0.6) is 0 Å². The fraction of sp³-hybridized carbons (Fsp3) is 0.667. The quantitative estimate of drug-likeness (QED) is 0.562. The van der Waals surface area contributed by atoms with E-state index < -0.39 is 24.0 Å². The maximum absolute atomic E-state index is 11.6. The molecule has 0 unspecified atom stereocenters. The average Bonchev–Trinajstić information content (AvgIpc) is 2.14. The van der Waals surface area contributed by atoms with Gasteiger partial charge in [0.05, 0.1) is 0 Å². The molecule has 0 aromatic rings. The summed E-state index contributed by atoms with van der Waals surface area (Å²) in [6.45, 7) is 9.20. The molecular weight excluding hydrogens is 220 g/mol. The first-order valence-electron chi connectivity index (χ1n) is 5.66. The molecule has 4 N–H and O–H groups in total. The van der Waals surface area contributed by atoms with E-state index in [9.17, 15) is 14.7 Å². The topological polar surface area (TPSA) is 92.4 Å². The van der Waals surface area contributed by atoms with Crippen LogP contribution in [-0.2, 0) is 9.59 Å². The number of carbonyl (C=O) groups is 2. The van der Waals surface area contributed by atoms with E-state index in [2.05, 4.69) is 11.9 Å². The number of hydrogen-bond acceptors (Lipinski definition) is 3. The summed E-state index contributed by atoms with van der Waals surface area (Å²) in [5.41, 5.74) is 5.90. The molecule has 0 aromatic heterocycles. The summed E-state index contributed by atoms with van der Waals surface area (Å²) in [6, 6.07) is -0.804. The second-order valence-corrected chi connectivity index (χ2v) is 4.77. The third-order valence-electron chi connectivity index (χ3n) is 2.21. The molecule has 0 aliphatic carbocycles. The van der Waals surface area contributed by atoms with Crippen LogP contribution in [-0.4, -0.2) is 29.1 Å². The minimum Gasteiger partial charge on any atom is -0.383 e. The molecule has 0 radical (unpaired) electrons. The van der Waals surface area contributed by atoms with Crippen molar-refractivity contribution in [1.29, 1.82) is 0 Å². The molecule has 0 rings (SSSR count). The van der Waals surface area contributed by atoms with E-state index in [4.69, 9.17) is 5.73 Å². The molecular formula is C12H22N2O3. The van der Waals surface area contributed by atoms with Gasteiger partial charge in [0.1, 0.15) is 12.1 Å². The highest BCUT2D eigenvalue weighted by Crippen LogP contribution is 2.06. The summed E-state index contributed by atoms with van der Waals surface area (Å²) in [5.74, 6) is -0.995. The summed E-state index contributed by atoms with van der Waals surface area (Å²) >= 11 is 0. The summed E-state index contributed by atoms with van der Waals surface area (Å²) in [6.07, 6.45) is -0.471. The van der Waals surface area contributed by atoms with Crippen LogP contribution < -0.4 is 11.1 Å². The van der Waals surface area contributed by atoms with Crippen molar-refractivity contribution >= 4 is 11.8 Å². The highest BCUT2D eigenvalue weighted by atomic mass is 16.3. The van der Waals surface area contributed by atoms with E-state index in [1.54, 1.807) is 6.92 Å². The van der Waals surface area contributed by atoms with Gasteiger partial charge in [0.2, 0.25) is 11.8 Å². The average molecular weight is 242 g/mol. The van der Waals surface area contributed by atoms with Crippen molar-refractivity contribution in [1.82, 2.24) is 5.32 Å². The van der Waals surface area contributed by atoms with E-state index in [1.165, 1.54) is 0 Å². The van der Waals surface area contributed by atoms with Crippen LogP contribution in [0.3, 0.4) is 0 Å². The molecule has 0 saturated heterocycles. The molecule has 98 valence electrons. The van der Waals surface area contributed by atoms with Gasteiger partial charge < -0.3 is 16.2 Å². The predicted octanol–water partition coefficient (Wildman–Crippen LogP) is 0.330. The van der Waals surface area contributed by atoms with Crippen molar-refractivity contribution in [2.24, 2.45) is 11.7 Å². The van der Waals surface area contributed by atoms with Crippen molar-refractivity contribution in [2.45, 2.75) is 45.8 Å². The van der Waals surface area contributed by atoms with Crippen LogP contribution in [0.2, 0.25) is 0 Å². The fourth-order valence-electron chi connectivity index (χ4n) is 1.39. The number of hydrogen-bond donors (Lipinski definition) is 3. The van der Waals surface area contributed by atoms with Gasteiger partial charge in [0, 0.05) is 0 Å². The molecule has 0 fully saturated rings. The van der Waals surface area contributed by atoms with E-state index >= 15 is 0 Å². The lowest BCUT2D eigenvalue weighted by Gasteiger charge is -2.18. The Morgan fingerprint density at radius 1 is 1.41 bits per heavy atom. The normalized spacial score (nSPS) is 14.2. The van der Waals surface area contributed by atoms with Gasteiger partial charge in [0.15, 0.2) is 0 Å². The number of nitrogens with one attached hydrogen (secondary N) is 1. The maximum atomic E-state index is 11.6. The molecule has 0 aliphatic rings. The van der Waals surface area contributed by atoms with Gasteiger partial charge in [-0.15, -0.1) is 6.58 Å². The summed E-state index contributed by atoms with van der Waals surface area (Å²) in [5, 5.41) is 12.0. The number of rotatable bonds is 7. The Kier molecular flexibility index (Phi) is 6.50. The molecule has 2 atom stereocenters. The van der Waals surface area contributed by atoms with Crippen molar-refractivity contribution in [3.63, 3.8) is 0 Å². The number of primary amides is 1. The minimum absolute atomic E-state index is 0.198. The van der Waals surface area contributed by atoms with E-state index in [0.29, 0.717) is 6.42 Å². The van der Waals surface area contributed by atoms with Gasteiger partial charge in [0.25, 0.3) is 0 Å². The van der Waals surface area contributed by atoms with Crippen molar-refractivity contribution < 1.29 is 14.7 Å². The first kappa shape index (κ1) is 15.6. The summed E-state index contributed by atoms with van der Waals surface area (Å²) in [4.78, 5) is 22.7. The van der Waals surface area contributed by atoms with Gasteiger partial charge in [-0.25, -0.2) is 0 Å². The molecule has 5 heteroatoms. The number of carbonyl (C=O) groups excluding carboxylic acids is 2. The number of aliphatic hydroxyl groups excluding tert-OH is 1. The van der Waals surface area contributed by atoms with E-state index in [0.717, 1.165) is 5.57 Å². The lowest BCUT2D eigenvalue weighted by atomic mass is 10.0. The molecule has 0 aromatic carbocycles. The molecule has 0 heterocycles. The Labute approximate surface area is 102 Å². The fourth-order valence-corrected chi connectivity index (χ4v) is 1.39. The number of aliphatic hydroxyl groups is 1. The second-order valence-electron chi connectivity index (χ2n) is 4.77. The molecule has 0 bridgehead atoms. The van der Waals surface area contributed by atoms with Crippen LogP contribution in [0.25, 0.3) is 0 Å². The monoisotopic (exact) mass is 242 g/mol. The van der Waals surface area contributed by atoms with Gasteiger partial charge in [-0.05, 0) is 25.7 Å². The zero-order chi connectivity index (χ0) is 13.6. The Morgan fingerprint density at radius 3 is 2.29 bits per heavy atom. The van der Waals surface area contributed by atoms with E-state index in [1.807, 2.05) is 13.8 Å². The third kappa shape index (κ3) is 6.73. The highest BCUT2D eigenvalue weighted by Gasteiger charge is 2.23. The molecule has 17 heavy (non-hydrogen) atoms. The molecule has 0 aliphatic heterocycles. The molecule has 5 nitrogen and oxygen atoms in total. The third-order valence-corrected chi connectivity index (χ3v) is 2.21. The van der Waals surface area contributed by atoms with Crippen molar-refractivity contribution in [2.75, 3.05) is 0 Å². The zero-order valence-electron chi connectivity index (χ0n) is 10.7. The first-order chi connectivity index (χ1) is 7.73. The van der Waals surface area contributed by atoms with Gasteiger partial charge in [-0.1, -0.05) is 19.4 Å². The Balaban J connectivity index is 4.39.